The van der Waals surface area contributed by atoms with Crippen LogP contribution in [0.4, 0.5) is 5.82 Å². The summed E-state index contributed by atoms with van der Waals surface area (Å²) < 4.78 is 0. The van der Waals surface area contributed by atoms with Gasteiger partial charge in [0.1, 0.15) is 5.82 Å². The molecule has 0 radical (unpaired) electrons. The molecular formula is C12H20N2O. The number of pyridine rings is 1. The van der Waals surface area contributed by atoms with Crippen LogP contribution in [0, 0.1) is 6.92 Å². The quantitative estimate of drug-likeness (QED) is 0.823. The van der Waals surface area contributed by atoms with Crippen LogP contribution in [0.15, 0.2) is 12.1 Å². The fraction of sp³-hybridized carbons (Fsp3) is 0.583. The van der Waals surface area contributed by atoms with Crippen molar-refractivity contribution in [2.24, 2.45) is 0 Å². The normalized spacial score (nSPS) is 10.8. The largest absolute Gasteiger partial charge is 0.392 e. The molecule has 0 aliphatic heterocycles. The number of aliphatic hydroxyl groups excluding tert-OH is 1. The Hall–Kier alpha value is -1.09. The van der Waals surface area contributed by atoms with Crippen LogP contribution >= 0.6 is 0 Å². The maximum atomic E-state index is 9.06. The Labute approximate surface area is 91.8 Å². The van der Waals surface area contributed by atoms with Gasteiger partial charge in [0.25, 0.3) is 0 Å². The minimum absolute atomic E-state index is 0.0624. The number of hydrogen-bond donors (Lipinski definition) is 1. The molecule has 1 rings (SSSR count). The molecule has 0 amide bonds. The van der Waals surface area contributed by atoms with Crippen molar-refractivity contribution in [3.05, 3.63) is 23.4 Å². The monoisotopic (exact) mass is 208 g/mol. The van der Waals surface area contributed by atoms with Gasteiger partial charge in [-0.1, -0.05) is 6.07 Å². The van der Waals surface area contributed by atoms with Crippen LogP contribution in [0.3, 0.4) is 0 Å². The lowest BCUT2D eigenvalue weighted by molar-refractivity contribution is 0.280. The summed E-state index contributed by atoms with van der Waals surface area (Å²) in [5.74, 6) is 0.988. The van der Waals surface area contributed by atoms with Gasteiger partial charge >= 0.3 is 0 Å². The van der Waals surface area contributed by atoms with Crippen molar-refractivity contribution < 1.29 is 5.11 Å². The number of anilines is 1. The molecule has 3 nitrogen and oxygen atoms in total. The Kier molecular flexibility index (Phi) is 4.09. The SMILES string of the molecule is CCN(c1ccc(CO)c(C)n1)C(C)C. The summed E-state index contributed by atoms with van der Waals surface area (Å²) in [6.45, 7) is 9.37. The Bertz CT molecular complexity index is 323. The topological polar surface area (TPSA) is 36.4 Å². The van der Waals surface area contributed by atoms with Crippen molar-refractivity contribution in [3.8, 4) is 0 Å². The van der Waals surface area contributed by atoms with E-state index in [4.69, 9.17) is 5.11 Å². The third-order valence-electron chi connectivity index (χ3n) is 2.61. The first kappa shape index (κ1) is 12.0. The van der Waals surface area contributed by atoms with Gasteiger partial charge in [-0.25, -0.2) is 4.98 Å². The van der Waals surface area contributed by atoms with Crippen molar-refractivity contribution in [2.45, 2.75) is 40.3 Å². The third kappa shape index (κ3) is 2.69. The zero-order chi connectivity index (χ0) is 11.4. The molecule has 0 bridgehead atoms. The second-order valence-electron chi connectivity index (χ2n) is 3.95. The zero-order valence-electron chi connectivity index (χ0n) is 9.99. The van der Waals surface area contributed by atoms with Crippen molar-refractivity contribution in [3.63, 3.8) is 0 Å². The van der Waals surface area contributed by atoms with Gasteiger partial charge < -0.3 is 10.0 Å². The fourth-order valence-corrected chi connectivity index (χ4v) is 1.70. The second kappa shape index (κ2) is 5.12. The summed E-state index contributed by atoms with van der Waals surface area (Å²) in [6, 6.07) is 4.37. The summed E-state index contributed by atoms with van der Waals surface area (Å²) in [7, 11) is 0. The first-order chi connectivity index (χ1) is 7.10. The van der Waals surface area contributed by atoms with E-state index in [0.29, 0.717) is 6.04 Å². The zero-order valence-corrected chi connectivity index (χ0v) is 9.99. The molecule has 0 aliphatic rings. The fourth-order valence-electron chi connectivity index (χ4n) is 1.70. The maximum Gasteiger partial charge on any atom is 0.129 e. The standard InChI is InChI=1S/C12H20N2O/c1-5-14(9(2)3)12-7-6-11(8-15)10(4)13-12/h6-7,9,15H,5,8H2,1-4H3. The highest BCUT2D eigenvalue weighted by molar-refractivity contribution is 5.42. The molecule has 0 aliphatic carbocycles. The summed E-state index contributed by atoms with van der Waals surface area (Å²) in [6.07, 6.45) is 0. The summed E-state index contributed by atoms with van der Waals surface area (Å²) >= 11 is 0. The highest BCUT2D eigenvalue weighted by Crippen LogP contribution is 2.16. The molecule has 84 valence electrons. The Morgan fingerprint density at radius 3 is 2.47 bits per heavy atom. The van der Waals surface area contributed by atoms with E-state index in [-0.39, 0.29) is 6.61 Å². The van der Waals surface area contributed by atoms with Gasteiger partial charge in [0.2, 0.25) is 0 Å². The van der Waals surface area contributed by atoms with Crippen LogP contribution in [0.2, 0.25) is 0 Å². The summed E-state index contributed by atoms with van der Waals surface area (Å²) in [5, 5.41) is 9.06. The lowest BCUT2D eigenvalue weighted by Gasteiger charge is -2.26. The van der Waals surface area contributed by atoms with Gasteiger partial charge in [-0.2, -0.15) is 0 Å². The van der Waals surface area contributed by atoms with Crippen molar-refractivity contribution in [1.82, 2.24) is 4.98 Å². The second-order valence-corrected chi connectivity index (χ2v) is 3.95. The van der Waals surface area contributed by atoms with Gasteiger partial charge in [0.15, 0.2) is 0 Å². The average molecular weight is 208 g/mol. The number of aryl methyl sites for hydroxylation is 1. The molecule has 0 fully saturated rings. The lowest BCUT2D eigenvalue weighted by Crippen LogP contribution is -2.31. The Balaban J connectivity index is 3.00. The van der Waals surface area contributed by atoms with Gasteiger partial charge in [0.05, 0.1) is 6.61 Å². The number of nitrogens with zero attached hydrogens (tertiary/aromatic N) is 2. The van der Waals surface area contributed by atoms with E-state index in [9.17, 15) is 0 Å². The molecule has 15 heavy (non-hydrogen) atoms. The number of aromatic nitrogens is 1. The number of rotatable bonds is 4. The molecule has 0 saturated heterocycles. The van der Waals surface area contributed by atoms with E-state index in [1.165, 1.54) is 0 Å². The molecule has 0 aromatic carbocycles. The van der Waals surface area contributed by atoms with E-state index >= 15 is 0 Å². The van der Waals surface area contributed by atoms with Crippen molar-refractivity contribution in [1.29, 1.82) is 0 Å². The molecule has 0 saturated carbocycles. The molecule has 0 spiro atoms. The van der Waals surface area contributed by atoms with Gasteiger partial charge in [-0.05, 0) is 39.3 Å². The smallest absolute Gasteiger partial charge is 0.129 e. The van der Waals surface area contributed by atoms with Gasteiger partial charge in [-0.15, -0.1) is 0 Å². The summed E-state index contributed by atoms with van der Waals surface area (Å²) in [4.78, 5) is 6.73. The van der Waals surface area contributed by atoms with Crippen LogP contribution in [-0.2, 0) is 6.61 Å². The van der Waals surface area contributed by atoms with E-state index < -0.39 is 0 Å². The molecule has 1 aromatic heterocycles. The Morgan fingerprint density at radius 2 is 2.07 bits per heavy atom. The van der Waals surface area contributed by atoms with Crippen LogP contribution in [0.1, 0.15) is 32.0 Å². The number of hydrogen-bond acceptors (Lipinski definition) is 3. The first-order valence-electron chi connectivity index (χ1n) is 5.44. The van der Waals surface area contributed by atoms with E-state index in [0.717, 1.165) is 23.6 Å². The number of aliphatic hydroxyl groups is 1. The minimum Gasteiger partial charge on any atom is -0.392 e. The first-order valence-corrected chi connectivity index (χ1v) is 5.44. The third-order valence-corrected chi connectivity index (χ3v) is 2.61. The maximum absolute atomic E-state index is 9.06. The Morgan fingerprint density at radius 1 is 1.40 bits per heavy atom. The highest BCUT2D eigenvalue weighted by Gasteiger charge is 2.10. The molecule has 1 aromatic rings. The van der Waals surface area contributed by atoms with E-state index in [1.54, 1.807) is 0 Å². The van der Waals surface area contributed by atoms with Crippen LogP contribution in [0.5, 0.6) is 0 Å². The molecule has 1 heterocycles. The van der Waals surface area contributed by atoms with Crippen molar-refractivity contribution in [2.75, 3.05) is 11.4 Å². The van der Waals surface area contributed by atoms with Crippen LogP contribution in [-0.4, -0.2) is 22.7 Å². The van der Waals surface area contributed by atoms with Crippen LogP contribution < -0.4 is 4.90 Å². The molecule has 1 N–H and O–H groups in total. The van der Waals surface area contributed by atoms with E-state index in [1.807, 2.05) is 19.1 Å². The van der Waals surface area contributed by atoms with Crippen LogP contribution in [0.25, 0.3) is 0 Å². The predicted octanol–water partition coefficient (Wildman–Crippen LogP) is 2.12. The van der Waals surface area contributed by atoms with E-state index in [2.05, 4.69) is 30.7 Å². The van der Waals surface area contributed by atoms with Gasteiger partial charge in [-0.3, -0.25) is 0 Å². The highest BCUT2D eigenvalue weighted by atomic mass is 16.3. The average Bonchev–Trinajstić information content (AvgIpc) is 2.18. The predicted molar refractivity (Wildman–Crippen MR) is 63.1 cm³/mol. The lowest BCUT2D eigenvalue weighted by atomic mass is 10.2. The molecular weight excluding hydrogens is 188 g/mol. The molecule has 3 heteroatoms. The summed E-state index contributed by atoms with van der Waals surface area (Å²) in [5.41, 5.74) is 1.81. The molecule has 0 unspecified atom stereocenters. The molecule has 0 atom stereocenters. The van der Waals surface area contributed by atoms with Gasteiger partial charge in [0, 0.05) is 18.3 Å². The minimum atomic E-state index is 0.0624. The van der Waals surface area contributed by atoms with Crippen molar-refractivity contribution >= 4 is 5.82 Å².